The van der Waals surface area contributed by atoms with E-state index >= 15 is 0 Å². The molecule has 1 nitrogen and oxygen atoms in total. The van der Waals surface area contributed by atoms with Crippen LogP contribution in [0.5, 0.6) is 0 Å². The Balaban J connectivity index is 4.41. The summed E-state index contributed by atoms with van der Waals surface area (Å²) in [7, 11) is 0. The fourth-order valence-corrected chi connectivity index (χ4v) is 1.78. The fourth-order valence-electron chi connectivity index (χ4n) is 1.78. The number of ether oxygens (including phenoxy) is 1. The van der Waals surface area contributed by atoms with E-state index in [1.165, 1.54) is 31.3 Å². The third-order valence-electron chi connectivity index (χ3n) is 3.51. The van der Waals surface area contributed by atoms with Crippen molar-refractivity contribution in [1.29, 1.82) is 0 Å². The molecule has 111 valence electrons. The van der Waals surface area contributed by atoms with Crippen molar-refractivity contribution in [3.8, 4) is 0 Å². The molecule has 1 radical (unpaired) electrons. The van der Waals surface area contributed by atoms with Crippen molar-refractivity contribution in [3.05, 3.63) is 30.9 Å². The van der Waals surface area contributed by atoms with Crippen LogP contribution in [0.4, 0.5) is 0 Å². The molecule has 0 rings (SSSR count). The molecular weight excluding hydrogens is 232 g/mol. The first kappa shape index (κ1) is 18.3. The van der Waals surface area contributed by atoms with Crippen LogP contribution in [-0.2, 0) is 4.74 Å². The molecule has 1 heteroatoms. The van der Waals surface area contributed by atoms with Crippen LogP contribution in [0.1, 0.15) is 79.1 Å². The molecule has 19 heavy (non-hydrogen) atoms. The zero-order chi connectivity index (χ0) is 14.6. The van der Waals surface area contributed by atoms with Crippen molar-refractivity contribution >= 4 is 0 Å². The van der Waals surface area contributed by atoms with E-state index in [0.717, 1.165) is 25.7 Å². The summed E-state index contributed by atoms with van der Waals surface area (Å²) in [6.07, 6.45) is 15.5. The molecule has 0 saturated heterocycles. The van der Waals surface area contributed by atoms with Crippen molar-refractivity contribution in [2.45, 2.75) is 84.7 Å². The Morgan fingerprint density at radius 2 is 1.79 bits per heavy atom. The van der Waals surface area contributed by atoms with E-state index in [1.54, 1.807) is 0 Å². The second-order valence-corrected chi connectivity index (χ2v) is 5.31. The summed E-state index contributed by atoms with van der Waals surface area (Å²) in [6.45, 7) is 13.0. The largest absolute Gasteiger partial charge is 0.491 e. The molecule has 0 spiro atoms. The molecule has 1 atom stereocenters. The molecule has 0 aliphatic carbocycles. The Morgan fingerprint density at radius 3 is 2.32 bits per heavy atom. The first-order valence-corrected chi connectivity index (χ1v) is 8.00. The van der Waals surface area contributed by atoms with Gasteiger partial charge in [-0.3, -0.25) is 0 Å². The quantitative estimate of drug-likeness (QED) is 0.245. The van der Waals surface area contributed by atoms with Crippen LogP contribution in [0.25, 0.3) is 0 Å². The zero-order valence-electron chi connectivity index (χ0n) is 13.5. The van der Waals surface area contributed by atoms with E-state index in [1.807, 2.05) is 6.26 Å². The number of rotatable bonds is 11. The highest BCUT2D eigenvalue weighted by atomic mass is 16.5. The van der Waals surface area contributed by atoms with Crippen LogP contribution in [0.15, 0.2) is 24.0 Å². The number of allylic oxidation sites excluding steroid dienone is 2. The maximum atomic E-state index is 5.95. The maximum Gasteiger partial charge on any atom is 0.126 e. The standard InChI is InChI=1S/C18H33O/c1-6-10-12-13-15-18(5,9-4)19-16-17(8-3)14-11-7-2/h13,15-16H,5-12,14H2,1-4H3. The summed E-state index contributed by atoms with van der Waals surface area (Å²) in [5, 5.41) is 0. The van der Waals surface area contributed by atoms with Gasteiger partial charge in [-0.1, -0.05) is 53.0 Å². The van der Waals surface area contributed by atoms with Crippen molar-refractivity contribution in [1.82, 2.24) is 0 Å². The normalized spacial score (nSPS) is 15.7. The summed E-state index contributed by atoms with van der Waals surface area (Å²) >= 11 is 0. The van der Waals surface area contributed by atoms with E-state index in [-0.39, 0.29) is 5.60 Å². The lowest BCUT2D eigenvalue weighted by Crippen LogP contribution is -2.23. The van der Waals surface area contributed by atoms with Crippen LogP contribution in [-0.4, -0.2) is 5.60 Å². The first-order valence-electron chi connectivity index (χ1n) is 8.00. The van der Waals surface area contributed by atoms with Gasteiger partial charge in [0.1, 0.15) is 5.60 Å². The maximum absolute atomic E-state index is 5.95. The smallest absolute Gasteiger partial charge is 0.126 e. The molecule has 0 aliphatic rings. The molecule has 0 N–H and O–H groups in total. The van der Waals surface area contributed by atoms with Crippen LogP contribution in [0.3, 0.4) is 0 Å². The number of hydrogen-bond donors (Lipinski definition) is 0. The average molecular weight is 265 g/mol. The lowest BCUT2D eigenvalue weighted by atomic mass is 10.0. The van der Waals surface area contributed by atoms with Crippen LogP contribution in [0, 0.1) is 6.92 Å². The Labute approximate surface area is 121 Å². The Kier molecular flexibility index (Phi) is 10.7. The third kappa shape index (κ3) is 8.91. The lowest BCUT2D eigenvalue weighted by molar-refractivity contribution is 0.105. The highest BCUT2D eigenvalue weighted by molar-refractivity contribution is 5.07. The third-order valence-corrected chi connectivity index (χ3v) is 3.51. The Hall–Kier alpha value is -0.720. The van der Waals surface area contributed by atoms with E-state index < -0.39 is 0 Å². The Morgan fingerprint density at radius 1 is 1.11 bits per heavy atom. The fraction of sp³-hybridized carbons (Fsp3) is 0.722. The second kappa shape index (κ2) is 11.1. The number of unbranched alkanes of at least 4 members (excludes halogenated alkanes) is 3. The van der Waals surface area contributed by atoms with Gasteiger partial charge in [0, 0.05) is 0 Å². The van der Waals surface area contributed by atoms with Crippen LogP contribution < -0.4 is 0 Å². The van der Waals surface area contributed by atoms with Gasteiger partial charge in [-0.05, 0) is 50.7 Å². The van der Waals surface area contributed by atoms with Gasteiger partial charge in [-0.15, -0.1) is 0 Å². The van der Waals surface area contributed by atoms with Gasteiger partial charge < -0.3 is 4.74 Å². The molecule has 0 amide bonds. The minimum Gasteiger partial charge on any atom is -0.491 e. The lowest BCUT2D eigenvalue weighted by Gasteiger charge is -2.24. The summed E-state index contributed by atoms with van der Waals surface area (Å²) in [4.78, 5) is 0. The van der Waals surface area contributed by atoms with Crippen molar-refractivity contribution in [2.75, 3.05) is 0 Å². The molecule has 1 unspecified atom stereocenters. The summed E-state index contributed by atoms with van der Waals surface area (Å²) < 4.78 is 5.95. The molecule has 0 fully saturated rings. The Bertz CT molecular complexity index is 265. The highest BCUT2D eigenvalue weighted by Crippen LogP contribution is 2.20. The predicted molar refractivity (Wildman–Crippen MR) is 86.0 cm³/mol. The first-order chi connectivity index (χ1) is 9.11. The van der Waals surface area contributed by atoms with Crippen LogP contribution >= 0.6 is 0 Å². The molecule has 0 aromatic carbocycles. The monoisotopic (exact) mass is 265 g/mol. The minimum absolute atomic E-state index is 0.389. The van der Waals surface area contributed by atoms with E-state index in [2.05, 4.69) is 46.8 Å². The van der Waals surface area contributed by atoms with Gasteiger partial charge in [0.2, 0.25) is 0 Å². The summed E-state index contributed by atoms with van der Waals surface area (Å²) in [5.74, 6) is 0. The molecule has 0 saturated carbocycles. The SMILES string of the molecule is [CH2]C(C=CCCCC)(CC)OC=C(CC)CCCC. The topological polar surface area (TPSA) is 9.23 Å². The number of hydrogen-bond acceptors (Lipinski definition) is 1. The van der Waals surface area contributed by atoms with Gasteiger partial charge in [0.05, 0.1) is 6.26 Å². The molecule has 0 bridgehead atoms. The van der Waals surface area contributed by atoms with Gasteiger partial charge in [-0.25, -0.2) is 0 Å². The summed E-state index contributed by atoms with van der Waals surface area (Å²) in [5.41, 5.74) is 1.01. The predicted octanol–water partition coefficient (Wildman–Crippen LogP) is 6.22. The minimum atomic E-state index is -0.389. The van der Waals surface area contributed by atoms with Crippen molar-refractivity contribution < 1.29 is 4.74 Å². The van der Waals surface area contributed by atoms with Gasteiger partial charge in [-0.2, -0.15) is 0 Å². The average Bonchev–Trinajstić information content (AvgIpc) is 2.44. The van der Waals surface area contributed by atoms with Crippen molar-refractivity contribution in [2.24, 2.45) is 0 Å². The molecule has 0 aromatic rings. The molecule has 0 aliphatic heterocycles. The van der Waals surface area contributed by atoms with E-state index in [0.29, 0.717) is 0 Å². The molecular formula is C18H33O. The van der Waals surface area contributed by atoms with Gasteiger partial charge in [0.25, 0.3) is 0 Å². The molecule has 0 heterocycles. The van der Waals surface area contributed by atoms with E-state index in [4.69, 9.17) is 4.74 Å². The molecule has 0 aromatic heterocycles. The zero-order valence-corrected chi connectivity index (χ0v) is 13.5. The van der Waals surface area contributed by atoms with Crippen molar-refractivity contribution in [3.63, 3.8) is 0 Å². The summed E-state index contributed by atoms with van der Waals surface area (Å²) in [6, 6.07) is 0. The van der Waals surface area contributed by atoms with Gasteiger partial charge >= 0.3 is 0 Å². The highest BCUT2D eigenvalue weighted by Gasteiger charge is 2.18. The second-order valence-electron chi connectivity index (χ2n) is 5.31. The van der Waals surface area contributed by atoms with Crippen LogP contribution in [0.2, 0.25) is 0 Å². The van der Waals surface area contributed by atoms with E-state index in [9.17, 15) is 0 Å². The van der Waals surface area contributed by atoms with Gasteiger partial charge in [0.15, 0.2) is 0 Å².